The van der Waals surface area contributed by atoms with Gasteiger partial charge in [-0.15, -0.1) is 0 Å². The molecule has 3 nitrogen and oxygen atoms in total. The summed E-state index contributed by atoms with van der Waals surface area (Å²) in [5, 5.41) is 3.60. The summed E-state index contributed by atoms with van der Waals surface area (Å²) >= 11 is 6.05. The van der Waals surface area contributed by atoms with E-state index in [0.717, 1.165) is 12.0 Å². The zero-order valence-corrected chi connectivity index (χ0v) is 14.5. The van der Waals surface area contributed by atoms with E-state index < -0.39 is 20.4 Å². The standard InChI is InChI=1S/C15H23ClFNO2S/c1-5-8-18-14(15(2,3)21(4,19)20)9-11-6-7-12(17)10-13(11)16/h6-7,10,14,18H,5,8-9H2,1-4H3. The molecular weight excluding hydrogens is 313 g/mol. The van der Waals surface area contributed by atoms with E-state index in [2.05, 4.69) is 5.32 Å². The van der Waals surface area contributed by atoms with Crippen LogP contribution in [0.15, 0.2) is 18.2 Å². The Bertz CT molecular complexity index is 587. The molecule has 0 spiro atoms. The predicted octanol–water partition coefficient (Wildman–Crippen LogP) is 3.21. The van der Waals surface area contributed by atoms with Gasteiger partial charge in [-0.3, -0.25) is 0 Å². The molecule has 1 unspecified atom stereocenters. The Balaban J connectivity index is 3.09. The lowest BCUT2D eigenvalue weighted by molar-refractivity contribution is 0.406. The van der Waals surface area contributed by atoms with Gasteiger partial charge in [0, 0.05) is 17.3 Å². The first-order valence-corrected chi connectivity index (χ1v) is 9.23. The van der Waals surface area contributed by atoms with E-state index in [1.54, 1.807) is 19.9 Å². The first-order chi connectivity index (χ1) is 9.59. The lowest BCUT2D eigenvalue weighted by Gasteiger charge is -2.34. The minimum absolute atomic E-state index is 0.296. The third-order valence-corrected chi connectivity index (χ3v) is 6.42. The van der Waals surface area contributed by atoms with Gasteiger partial charge in [0.1, 0.15) is 5.82 Å². The van der Waals surface area contributed by atoms with Gasteiger partial charge in [0.25, 0.3) is 0 Å². The Morgan fingerprint density at radius 3 is 2.48 bits per heavy atom. The molecule has 1 aromatic carbocycles. The summed E-state index contributed by atoms with van der Waals surface area (Å²) in [7, 11) is -3.25. The second-order valence-electron chi connectivity index (χ2n) is 5.82. The summed E-state index contributed by atoms with van der Waals surface area (Å²) in [6.45, 7) is 6.13. The fourth-order valence-electron chi connectivity index (χ4n) is 2.05. The van der Waals surface area contributed by atoms with Gasteiger partial charge in [-0.1, -0.05) is 24.6 Å². The van der Waals surface area contributed by atoms with Crippen LogP contribution in [-0.2, 0) is 16.3 Å². The molecule has 0 saturated carbocycles. The Morgan fingerprint density at radius 1 is 1.38 bits per heavy atom. The second-order valence-corrected chi connectivity index (χ2v) is 8.83. The molecule has 0 aliphatic rings. The molecule has 1 rings (SSSR count). The van der Waals surface area contributed by atoms with Gasteiger partial charge in [0.15, 0.2) is 9.84 Å². The molecule has 6 heteroatoms. The Hall–Kier alpha value is -0.650. The van der Waals surface area contributed by atoms with Gasteiger partial charge in [0.2, 0.25) is 0 Å². The van der Waals surface area contributed by atoms with E-state index in [1.165, 1.54) is 18.4 Å². The summed E-state index contributed by atoms with van der Waals surface area (Å²) in [6.07, 6.45) is 2.56. The largest absolute Gasteiger partial charge is 0.312 e. The number of rotatable bonds is 7. The van der Waals surface area contributed by atoms with E-state index in [9.17, 15) is 12.8 Å². The third kappa shape index (κ3) is 4.66. The SMILES string of the molecule is CCCNC(Cc1ccc(F)cc1Cl)C(C)(C)S(C)(=O)=O. The van der Waals surface area contributed by atoms with Crippen molar-refractivity contribution in [1.29, 1.82) is 0 Å². The molecule has 120 valence electrons. The molecule has 0 bridgehead atoms. The van der Waals surface area contributed by atoms with Crippen LogP contribution in [0.3, 0.4) is 0 Å². The van der Waals surface area contributed by atoms with Crippen molar-refractivity contribution in [1.82, 2.24) is 5.32 Å². The van der Waals surface area contributed by atoms with Crippen LogP contribution in [0.25, 0.3) is 0 Å². The monoisotopic (exact) mass is 335 g/mol. The Labute approximate surface area is 131 Å². The Kier molecular flexibility index (Phi) is 6.20. The normalized spacial score (nSPS) is 14.2. The summed E-state index contributed by atoms with van der Waals surface area (Å²) < 4.78 is 36.3. The fraction of sp³-hybridized carbons (Fsp3) is 0.600. The van der Waals surface area contributed by atoms with E-state index in [4.69, 9.17) is 11.6 Å². The molecule has 0 heterocycles. The van der Waals surface area contributed by atoms with Crippen molar-refractivity contribution in [3.63, 3.8) is 0 Å². The van der Waals surface area contributed by atoms with Crippen LogP contribution >= 0.6 is 11.6 Å². The zero-order chi connectivity index (χ0) is 16.3. The van der Waals surface area contributed by atoms with Crippen LogP contribution in [0.4, 0.5) is 4.39 Å². The quantitative estimate of drug-likeness (QED) is 0.832. The predicted molar refractivity (Wildman–Crippen MR) is 86.1 cm³/mol. The minimum atomic E-state index is -3.25. The highest BCUT2D eigenvalue weighted by Gasteiger charge is 2.38. The highest BCUT2D eigenvalue weighted by molar-refractivity contribution is 7.92. The van der Waals surface area contributed by atoms with Crippen molar-refractivity contribution in [2.24, 2.45) is 0 Å². The van der Waals surface area contributed by atoms with Crippen molar-refractivity contribution in [3.05, 3.63) is 34.6 Å². The smallest absolute Gasteiger partial charge is 0.154 e. The lowest BCUT2D eigenvalue weighted by Crippen LogP contribution is -2.52. The number of benzene rings is 1. The van der Waals surface area contributed by atoms with E-state index >= 15 is 0 Å². The molecule has 0 amide bonds. The van der Waals surface area contributed by atoms with E-state index in [1.807, 2.05) is 6.92 Å². The summed E-state index contributed by atoms with van der Waals surface area (Å²) in [6, 6.07) is 3.90. The third-order valence-electron chi connectivity index (χ3n) is 3.87. The molecule has 1 atom stereocenters. The van der Waals surface area contributed by atoms with Crippen LogP contribution in [-0.4, -0.2) is 32.0 Å². The fourth-order valence-corrected chi connectivity index (χ4v) is 2.98. The lowest BCUT2D eigenvalue weighted by atomic mass is 9.95. The van der Waals surface area contributed by atoms with Crippen LogP contribution in [0.2, 0.25) is 5.02 Å². The van der Waals surface area contributed by atoms with Crippen LogP contribution in [0, 0.1) is 5.82 Å². The van der Waals surface area contributed by atoms with Crippen LogP contribution in [0.1, 0.15) is 32.8 Å². The number of sulfone groups is 1. The van der Waals surface area contributed by atoms with Crippen LogP contribution in [0.5, 0.6) is 0 Å². The molecule has 0 aliphatic heterocycles. The summed E-state index contributed by atoms with van der Waals surface area (Å²) in [5.41, 5.74) is 0.739. The summed E-state index contributed by atoms with van der Waals surface area (Å²) in [5.74, 6) is -0.399. The maximum absolute atomic E-state index is 13.1. The average molecular weight is 336 g/mol. The van der Waals surface area contributed by atoms with Crippen molar-refractivity contribution in [2.45, 2.75) is 44.4 Å². The molecule has 0 aliphatic carbocycles. The average Bonchev–Trinajstić information content (AvgIpc) is 2.35. The number of hydrogen-bond donors (Lipinski definition) is 1. The van der Waals surface area contributed by atoms with Gasteiger partial charge < -0.3 is 5.32 Å². The molecule has 1 aromatic rings. The maximum Gasteiger partial charge on any atom is 0.154 e. The van der Waals surface area contributed by atoms with Gasteiger partial charge >= 0.3 is 0 Å². The number of halogens is 2. The molecular formula is C15H23ClFNO2S. The second kappa shape index (κ2) is 7.07. The van der Waals surface area contributed by atoms with E-state index in [-0.39, 0.29) is 6.04 Å². The van der Waals surface area contributed by atoms with Crippen molar-refractivity contribution in [2.75, 3.05) is 12.8 Å². The molecule has 0 fully saturated rings. The maximum atomic E-state index is 13.1. The van der Waals surface area contributed by atoms with Gasteiger partial charge in [-0.05, 0) is 50.9 Å². The van der Waals surface area contributed by atoms with Gasteiger partial charge in [-0.25, -0.2) is 12.8 Å². The van der Waals surface area contributed by atoms with Crippen molar-refractivity contribution in [3.8, 4) is 0 Å². The van der Waals surface area contributed by atoms with E-state index in [0.29, 0.717) is 18.0 Å². The van der Waals surface area contributed by atoms with Gasteiger partial charge in [0.05, 0.1) is 4.75 Å². The molecule has 21 heavy (non-hydrogen) atoms. The molecule has 0 aromatic heterocycles. The number of nitrogens with one attached hydrogen (secondary N) is 1. The first-order valence-electron chi connectivity index (χ1n) is 6.96. The highest BCUT2D eigenvalue weighted by Crippen LogP contribution is 2.26. The number of hydrogen-bond acceptors (Lipinski definition) is 3. The van der Waals surface area contributed by atoms with Crippen molar-refractivity contribution < 1.29 is 12.8 Å². The van der Waals surface area contributed by atoms with Gasteiger partial charge in [-0.2, -0.15) is 0 Å². The molecule has 0 saturated heterocycles. The van der Waals surface area contributed by atoms with Crippen molar-refractivity contribution >= 4 is 21.4 Å². The first kappa shape index (κ1) is 18.4. The minimum Gasteiger partial charge on any atom is -0.312 e. The Morgan fingerprint density at radius 2 is 2.00 bits per heavy atom. The molecule has 1 N–H and O–H groups in total. The highest BCUT2D eigenvalue weighted by atomic mass is 35.5. The topological polar surface area (TPSA) is 46.2 Å². The van der Waals surface area contributed by atoms with Crippen LogP contribution < -0.4 is 5.32 Å². The summed E-state index contributed by atoms with van der Waals surface area (Å²) in [4.78, 5) is 0. The zero-order valence-electron chi connectivity index (χ0n) is 12.9. The molecule has 0 radical (unpaired) electrons.